The van der Waals surface area contributed by atoms with Gasteiger partial charge in [0.15, 0.2) is 9.74 Å². The third-order valence-corrected chi connectivity index (χ3v) is 3.48. The Morgan fingerprint density at radius 3 is 1.37 bits per heavy atom. The maximum Gasteiger partial charge on any atom is 0.472 e. The molecule has 0 fully saturated rings. The molecule has 30 heavy (non-hydrogen) atoms. The highest BCUT2D eigenvalue weighted by Gasteiger charge is 2.50. The minimum atomic E-state index is -2.07. The van der Waals surface area contributed by atoms with Crippen LogP contribution in [0.25, 0.3) is 0 Å². The van der Waals surface area contributed by atoms with Crippen LogP contribution in [0.15, 0.2) is 19.5 Å². The van der Waals surface area contributed by atoms with Crippen molar-refractivity contribution >= 4 is 23.3 Å². The molecule has 0 amide bonds. The van der Waals surface area contributed by atoms with Gasteiger partial charge in [-0.3, -0.25) is 20.2 Å². The highest BCUT2D eigenvalue weighted by atomic mass is 16.6. The summed E-state index contributed by atoms with van der Waals surface area (Å²) >= 11 is 0. The zero-order valence-corrected chi connectivity index (χ0v) is 15.7. The smallest absolute Gasteiger partial charge is 0.258 e. The summed E-state index contributed by atoms with van der Waals surface area (Å²) in [4.78, 5) is 43.7. The van der Waals surface area contributed by atoms with Crippen molar-refractivity contribution in [2.24, 2.45) is 10.2 Å². The van der Waals surface area contributed by atoms with E-state index in [1.54, 1.807) is 0 Å². The van der Waals surface area contributed by atoms with Crippen molar-refractivity contribution in [1.29, 1.82) is 0 Å². The monoisotopic (exact) mass is 430 g/mol. The SMILES string of the molecule is CC(C)([N+](=O)[O-])[N+](=O)Nc1nonc1N=Nc1nonc1N[N+](=O)C(C)(C)[N+](=O)[O-]. The van der Waals surface area contributed by atoms with Crippen molar-refractivity contribution in [2.75, 3.05) is 10.9 Å². The molecule has 2 aromatic heterocycles. The summed E-state index contributed by atoms with van der Waals surface area (Å²) in [6, 6.07) is 0. The lowest BCUT2D eigenvalue weighted by Crippen LogP contribution is -2.45. The second kappa shape index (κ2) is 7.84. The van der Waals surface area contributed by atoms with Crippen LogP contribution >= 0.6 is 0 Å². The van der Waals surface area contributed by atoms with Gasteiger partial charge in [-0.05, 0) is 20.6 Å². The first kappa shape index (κ1) is 21.8. The van der Waals surface area contributed by atoms with Crippen molar-refractivity contribution in [3.63, 3.8) is 0 Å². The number of rotatable bonds is 10. The lowest BCUT2D eigenvalue weighted by Gasteiger charge is -2.05. The van der Waals surface area contributed by atoms with E-state index >= 15 is 0 Å². The van der Waals surface area contributed by atoms with Gasteiger partial charge in [0.1, 0.15) is 0 Å². The predicted molar refractivity (Wildman–Crippen MR) is 89.4 cm³/mol. The van der Waals surface area contributed by atoms with Crippen LogP contribution in [0.1, 0.15) is 27.7 Å². The molecule has 20 nitrogen and oxygen atoms in total. The van der Waals surface area contributed by atoms with Crippen molar-refractivity contribution < 1.29 is 28.8 Å². The molecule has 0 saturated carbocycles. The van der Waals surface area contributed by atoms with Crippen LogP contribution in [-0.2, 0) is 0 Å². The minimum Gasteiger partial charge on any atom is -0.258 e. The number of nitrogens with zero attached hydrogens (tertiary/aromatic N) is 10. The molecule has 0 radical (unpaired) electrons. The highest BCUT2D eigenvalue weighted by Crippen LogP contribution is 2.26. The van der Waals surface area contributed by atoms with Crippen LogP contribution in [0, 0.1) is 30.0 Å². The molecule has 0 atom stereocenters. The minimum absolute atomic E-state index is 0.120. The quantitative estimate of drug-likeness (QED) is 0.176. The van der Waals surface area contributed by atoms with E-state index in [4.69, 9.17) is 0 Å². The predicted octanol–water partition coefficient (Wildman–Crippen LogP) is 1.11. The first-order chi connectivity index (χ1) is 13.9. The Morgan fingerprint density at radius 2 is 1.07 bits per heavy atom. The molecule has 0 aliphatic heterocycles. The second-order valence-corrected chi connectivity index (χ2v) is 6.39. The number of hydrogen-bond acceptors (Lipinski definition) is 14. The standard InChI is InChI=1S/C10H14N12O8/c1-9(2,21(25)26)19(23)13-7-5(15-29-17-7)11-12-6-8(18-30-16-6)14-20(24)10(3,4)22(27)28/h1-4H3,(H,13,17,23)(H,14,18,24)/q+2. The van der Waals surface area contributed by atoms with Gasteiger partial charge >= 0.3 is 11.3 Å². The molecule has 2 aromatic rings. The van der Waals surface area contributed by atoms with Crippen molar-refractivity contribution in [3.05, 3.63) is 30.0 Å². The lowest BCUT2D eigenvalue weighted by atomic mass is 10.3. The van der Waals surface area contributed by atoms with E-state index in [9.17, 15) is 30.0 Å². The molecule has 0 aliphatic rings. The molecular weight excluding hydrogens is 416 g/mol. The van der Waals surface area contributed by atoms with Gasteiger partial charge in [-0.15, -0.1) is 10.2 Å². The molecular formula is C10H14N12O8+2. The Bertz CT molecular complexity index is 942. The summed E-state index contributed by atoms with van der Waals surface area (Å²) in [5.41, 5.74) is -0.0790. The van der Waals surface area contributed by atoms with Crippen LogP contribution in [0.4, 0.5) is 23.3 Å². The molecule has 160 valence electrons. The number of hydrogen-bond donors (Lipinski definition) is 2. The third kappa shape index (κ3) is 4.31. The maximum absolute atomic E-state index is 11.9. The maximum atomic E-state index is 11.9. The fourth-order valence-corrected chi connectivity index (χ4v) is 1.35. The summed E-state index contributed by atoms with van der Waals surface area (Å²) in [6.45, 7) is 4.12. The van der Waals surface area contributed by atoms with E-state index < -0.39 is 44.4 Å². The number of anilines is 2. The third-order valence-electron chi connectivity index (χ3n) is 3.48. The van der Waals surface area contributed by atoms with E-state index in [-0.39, 0.29) is 9.74 Å². The van der Waals surface area contributed by atoms with E-state index in [1.807, 2.05) is 10.9 Å². The van der Waals surface area contributed by atoms with Gasteiger partial charge < -0.3 is 0 Å². The van der Waals surface area contributed by atoms with E-state index in [0.717, 1.165) is 27.7 Å². The Hall–Kier alpha value is -4.52. The Morgan fingerprint density at radius 1 is 0.733 bits per heavy atom. The van der Waals surface area contributed by atoms with Crippen LogP contribution in [0.2, 0.25) is 0 Å². The molecule has 2 N–H and O–H groups in total. The molecule has 0 aromatic carbocycles. The Balaban J connectivity index is 2.18. The number of aromatic nitrogens is 4. The highest BCUT2D eigenvalue weighted by molar-refractivity contribution is 5.54. The summed E-state index contributed by atoms with van der Waals surface area (Å²) in [7, 11) is 0. The first-order valence-corrected chi connectivity index (χ1v) is 7.71. The van der Waals surface area contributed by atoms with Crippen molar-refractivity contribution in [1.82, 2.24) is 20.6 Å². The average Bonchev–Trinajstić information content (AvgIpc) is 3.28. The van der Waals surface area contributed by atoms with Gasteiger partial charge in [0.2, 0.25) is 0 Å². The topological polar surface area (TPSA) is 253 Å². The lowest BCUT2D eigenvalue weighted by molar-refractivity contribution is -0.802. The first-order valence-electron chi connectivity index (χ1n) is 7.71. The molecule has 0 unspecified atom stereocenters. The Kier molecular flexibility index (Phi) is 5.69. The van der Waals surface area contributed by atoms with Crippen LogP contribution in [0.3, 0.4) is 0 Å². The zero-order chi connectivity index (χ0) is 22.7. The fraction of sp³-hybridized carbons (Fsp3) is 0.600. The van der Waals surface area contributed by atoms with Crippen LogP contribution < -0.4 is 10.9 Å². The van der Waals surface area contributed by atoms with Gasteiger partial charge in [-0.2, -0.15) is 0 Å². The molecule has 2 rings (SSSR count). The Labute approximate surface area is 164 Å². The van der Waals surface area contributed by atoms with Gasteiger partial charge in [0, 0.05) is 0 Å². The van der Waals surface area contributed by atoms with Crippen LogP contribution in [0.5, 0.6) is 0 Å². The van der Waals surface area contributed by atoms with Gasteiger partial charge in [0.25, 0.3) is 23.3 Å². The van der Waals surface area contributed by atoms with Gasteiger partial charge in [-0.25, -0.2) is 9.26 Å². The molecule has 20 heteroatoms. The summed E-state index contributed by atoms with van der Waals surface area (Å²) in [5.74, 6) is -1.69. The van der Waals surface area contributed by atoms with E-state index in [1.165, 1.54) is 0 Å². The number of nitro groups is 2. The van der Waals surface area contributed by atoms with Crippen LogP contribution in [-0.4, -0.2) is 51.5 Å². The van der Waals surface area contributed by atoms with Crippen molar-refractivity contribution in [3.8, 4) is 0 Å². The fourth-order valence-electron chi connectivity index (χ4n) is 1.35. The number of nitrogens with one attached hydrogen (secondary N) is 2. The largest absolute Gasteiger partial charge is 0.472 e. The second-order valence-electron chi connectivity index (χ2n) is 6.39. The summed E-state index contributed by atoms with van der Waals surface area (Å²) < 4.78 is 8.79. The van der Waals surface area contributed by atoms with E-state index in [2.05, 4.69) is 40.1 Å². The van der Waals surface area contributed by atoms with Gasteiger partial charge in [-0.1, -0.05) is 10.9 Å². The average molecular weight is 430 g/mol. The molecule has 0 saturated heterocycles. The van der Waals surface area contributed by atoms with Crippen molar-refractivity contribution in [2.45, 2.75) is 39.0 Å². The molecule has 0 spiro atoms. The summed E-state index contributed by atoms with van der Waals surface area (Å²) in [5, 5.41) is 42.3. The zero-order valence-electron chi connectivity index (χ0n) is 15.7. The summed E-state index contributed by atoms with van der Waals surface area (Å²) in [6.07, 6.45) is 0. The number of hydrazine groups is 2. The molecule has 2 heterocycles. The van der Waals surface area contributed by atoms with Gasteiger partial charge in [0.05, 0.1) is 47.4 Å². The molecule has 0 bridgehead atoms. The normalized spacial score (nSPS) is 12.0. The number of azo groups is 1. The molecule has 0 aliphatic carbocycles. The van der Waals surface area contributed by atoms with E-state index in [0.29, 0.717) is 0 Å². The number of nitroso groups, excluding NO2 is 2.